The van der Waals surface area contributed by atoms with E-state index in [4.69, 9.17) is 0 Å². The van der Waals surface area contributed by atoms with E-state index < -0.39 is 6.09 Å². The second-order valence-corrected chi connectivity index (χ2v) is 5.27. The zero-order chi connectivity index (χ0) is 15.3. The molecule has 1 aromatic carbocycles. The number of carbonyl (C=O) groups is 1. The zero-order valence-corrected chi connectivity index (χ0v) is 13.2. The van der Waals surface area contributed by atoms with Gasteiger partial charge < -0.3 is 9.90 Å². The second-order valence-electron chi connectivity index (χ2n) is 5.27. The van der Waals surface area contributed by atoms with E-state index in [9.17, 15) is 9.90 Å². The molecule has 0 bridgehead atoms. The van der Waals surface area contributed by atoms with Crippen LogP contribution in [0.4, 0.5) is 10.5 Å². The summed E-state index contributed by atoms with van der Waals surface area (Å²) in [6.07, 6.45) is -1.07. The number of benzene rings is 1. The van der Waals surface area contributed by atoms with Crippen LogP contribution in [0, 0.1) is 0 Å². The van der Waals surface area contributed by atoms with Crippen molar-refractivity contribution >= 4 is 11.8 Å². The summed E-state index contributed by atoms with van der Waals surface area (Å²) in [5.41, 5.74) is 1.91. The minimum Gasteiger partial charge on any atom is -0.498 e. The molecule has 0 aliphatic heterocycles. The minimum absolute atomic E-state index is 0.196. The molecule has 0 radical (unpaired) electrons. The van der Waals surface area contributed by atoms with Crippen molar-refractivity contribution in [2.24, 2.45) is 0 Å². The van der Waals surface area contributed by atoms with Crippen molar-refractivity contribution < 1.29 is 9.90 Å². The lowest BCUT2D eigenvalue weighted by atomic mass is 10.1. The maximum Gasteiger partial charge on any atom is 0.262 e. The van der Waals surface area contributed by atoms with Crippen LogP contribution in [0.15, 0.2) is 24.3 Å². The van der Waals surface area contributed by atoms with Gasteiger partial charge in [-0.15, -0.1) is 0 Å². The molecule has 4 heteroatoms. The Morgan fingerprint density at radius 2 is 1.90 bits per heavy atom. The Kier molecular flexibility index (Phi) is 5.72. The molecule has 0 aliphatic carbocycles. The third-order valence-electron chi connectivity index (χ3n) is 4.32. The fourth-order valence-corrected chi connectivity index (χ4v) is 2.49. The van der Waals surface area contributed by atoms with Crippen LogP contribution in [-0.4, -0.2) is 37.7 Å². The first-order chi connectivity index (χ1) is 9.40. The third kappa shape index (κ3) is 3.19. The van der Waals surface area contributed by atoms with Crippen LogP contribution in [0.3, 0.4) is 0 Å². The lowest BCUT2D eigenvalue weighted by Gasteiger charge is -2.33. The monoisotopic (exact) mass is 278 g/mol. The number of hydrogen-bond donors (Lipinski definition) is 0. The van der Waals surface area contributed by atoms with Gasteiger partial charge in [-0.25, -0.2) is 4.48 Å². The number of hydrogen-bond acceptors (Lipinski definition) is 3. The van der Waals surface area contributed by atoms with E-state index in [1.165, 1.54) is 0 Å². The molecule has 4 nitrogen and oxygen atoms in total. The Labute approximate surface area is 122 Å². The molecule has 1 aromatic rings. The van der Waals surface area contributed by atoms with Crippen molar-refractivity contribution in [2.45, 2.75) is 33.7 Å². The van der Waals surface area contributed by atoms with Gasteiger partial charge in [-0.2, -0.15) is 0 Å². The van der Waals surface area contributed by atoms with Gasteiger partial charge in [-0.3, -0.25) is 4.90 Å². The second kappa shape index (κ2) is 6.86. The molecular formula is C16H26N2O2. The molecule has 112 valence electrons. The van der Waals surface area contributed by atoms with Crippen LogP contribution in [0.1, 0.15) is 39.3 Å². The maximum atomic E-state index is 11.4. The molecule has 0 fully saturated rings. The quantitative estimate of drug-likeness (QED) is 0.750. The first-order valence-corrected chi connectivity index (χ1v) is 7.32. The maximum absolute atomic E-state index is 11.4. The van der Waals surface area contributed by atoms with Crippen LogP contribution >= 0.6 is 0 Å². The average Bonchev–Trinajstić information content (AvgIpc) is 2.47. The zero-order valence-electron chi connectivity index (χ0n) is 13.2. The SMILES string of the molecule is CCN(CC)C(C)c1cccc([N@+](C)(CC)C(=O)[O-])c1. The first-order valence-electron chi connectivity index (χ1n) is 7.32. The summed E-state index contributed by atoms with van der Waals surface area (Å²) in [6, 6.07) is 8.11. The highest BCUT2D eigenvalue weighted by Crippen LogP contribution is 2.27. The molecule has 0 saturated carbocycles. The molecule has 0 aromatic heterocycles. The van der Waals surface area contributed by atoms with Crippen molar-refractivity contribution in [2.75, 3.05) is 26.7 Å². The average molecular weight is 278 g/mol. The Morgan fingerprint density at radius 3 is 2.35 bits per heavy atom. The number of quaternary nitrogens is 1. The van der Waals surface area contributed by atoms with Crippen LogP contribution in [-0.2, 0) is 0 Å². The van der Waals surface area contributed by atoms with Crippen molar-refractivity contribution in [3.05, 3.63) is 29.8 Å². The summed E-state index contributed by atoms with van der Waals surface area (Å²) in [4.78, 5) is 13.8. The van der Waals surface area contributed by atoms with Crippen LogP contribution in [0.2, 0.25) is 0 Å². The van der Waals surface area contributed by atoms with Gasteiger partial charge in [0.15, 0.2) is 0 Å². The molecule has 1 amide bonds. The van der Waals surface area contributed by atoms with Gasteiger partial charge in [-0.1, -0.05) is 26.0 Å². The molecule has 0 saturated heterocycles. The van der Waals surface area contributed by atoms with Crippen LogP contribution in [0.5, 0.6) is 0 Å². The van der Waals surface area contributed by atoms with E-state index in [1.54, 1.807) is 7.05 Å². The highest BCUT2D eigenvalue weighted by atomic mass is 16.4. The first kappa shape index (κ1) is 16.7. The summed E-state index contributed by atoms with van der Waals surface area (Å²) in [7, 11) is 1.68. The largest absolute Gasteiger partial charge is 0.498 e. The van der Waals surface area contributed by atoms with Crippen molar-refractivity contribution in [1.82, 2.24) is 9.38 Å². The summed E-state index contributed by atoms with van der Waals surface area (Å²) in [6.45, 7) is 10.7. The molecular weight excluding hydrogens is 252 g/mol. The van der Waals surface area contributed by atoms with Gasteiger partial charge in [0.05, 0.1) is 13.6 Å². The van der Waals surface area contributed by atoms with Gasteiger partial charge in [0, 0.05) is 12.1 Å². The fraction of sp³-hybridized carbons (Fsp3) is 0.562. The van der Waals surface area contributed by atoms with Gasteiger partial charge in [0.2, 0.25) is 0 Å². The van der Waals surface area contributed by atoms with Gasteiger partial charge >= 0.3 is 0 Å². The molecule has 0 spiro atoms. The number of carboxylic acid groups (broad SMARTS) is 1. The van der Waals surface area contributed by atoms with Gasteiger partial charge in [-0.05, 0) is 38.6 Å². The Bertz CT molecular complexity index is 458. The number of amides is 1. The van der Waals surface area contributed by atoms with Crippen molar-refractivity contribution in [3.8, 4) is 0 Å². The van der Waals surface area contributed by atoms with Crippen molar-refractivity contribution in [1.29, 1.82) is 0 Å². The predicted molar refractivity (Wildman–Crippen MR) is 81.4 cm³/mol. The topological polar surface area (TPSA) is 43.4 Å². The molecule has 1 unspecified atom stereocenters. The van der Waals surface area contributed by atoms with Gasteiger partial charge in [0.25, 0.3) is 6.09 Å². The molecule has 0 N–H and O–H groups in total. The van der Waals surface area contributed by atoms with E-state index in [2.05, 4.69) is 31.7 Å². The highest BCUT2D eigenvalue weighted by Gasteiger charge is 2.26. The molecule has 0 aliphatic rings. The summed E-state index contributed by atoms with van der Waals surface area (Å²) in [5, 5.41) is 11.4. The molecule has 20 heavy (non-hydrogen) atoms. The Balaban J connectivity index is 3.16. The van der Waals surface area contributed by atoms with E-state index >= 15 is 0 Å². The Hall–Kier alpha value is -1.39. The van der Waals surface area contributed by atoms with Crippen LogP contribution in [0.25, 0.3) is 0 Å². The summed E-state index contributed by atoms with van der Waals surface area (Å²) >= 11 is 0. The fourth-order valence-electron chi connectivity index (χ4n) is 2.49. The van der Waals surface area contributed by atoms with E-state index in [0.717, 1.165) is 24.3 Å². The predicted octanol–water partition coefficient (Wildman–Crippen LogP) is 2.39. The molecule has 2 atom stereocenters. The van der Waals surface area contributed by atoms with Crippen LogP contribution < -0.4 is 9.59 Å². The van der Waals surface area contributed by atoms with E-state index in [0.29, 0.717) is 6.54 Å². The summed E-state index contributed by atoms with van der Waals surface area (Å²) < 4.78 is -0.196. The Morgan fingerprint density at radius 1 is 1.30 bits per heavy atom. The molecule has 1 rings (SSSR count). The summed E-state index contributed by atoms with van der Waals surface area (Å²) in [5.74, 6) is 0. The smallest absolute Gasteiger partial charge is 0.262 e. The standard InChI is InChI=1S/C16H26N2O2/c1-6-17(7-2)13(4)14-10-9-11-15(12-14)18(5,8-3)16(19)20/h9-13H,6-8H2,1-5H3/t13?,18-/m0/s1. The lowest BCUT2D eigenvalue weighted by Crippen LogP contribution is -2.57. The highest BCUT2D eigenvalue weighted by molar-refractivity contribution is 5.78. The van der Waals surface area contributed by atoms with E-state index in [-0.39, 0.29) is 10.5 Å². The van der Waals surface area contributed by atoms with E-state index in [1.807, 2.05) is 25.1 Å². The number of nitrogens with zero attached hydrogens (tertiary/aromatic N) is 2. The number of carbonyl (C=O) groups excluding carboxylic acids is 1. The minimum atomic E-state index is -1.07. The lowest BCUT2D eigenvalue weighted by molar-refractivity contribution is -0.262. The van der Waals surface area contributed by atoms with Crippen molar-refractivity contribution in [3.63, 3.8) is 0 Å². The molecule has 0 heterocycles. The van der Waals surface area contributed by atoms with Gasteiger partial charge in [0.1, 0.15) is 5.69 Å². The number of rotatable bonds is 6. The normalized spacial score (nSPS) is 15.9. The third-order valence-corrected chi connectivity index (χ3v) is 4.32.